The van der Waals surface area contributed by atoms with Gasteiger partial charge in [-0.2, -0.15) is 4.98 Å². The summed E-state index contributed by atoms with van der Waals surface area (Å²) in [6, 6.07) is 0. The lowest BCUT2D eigenvalue weighted by Crippen LogP contribution is -2.48. The molecule has 0 saturated carbocycles. The largest absolute Gasteiger partial charge is 0.391 e. The first-order valence-electron chi connectivity index (χ1n) is 5.77. The van der Waals surface area contributed by atoms with E-state index in [2.05, 4.69) is 15.0 Å². The second-order valence-corrected chi connectivity index (χ2v) is 5.51. The predicted octanol–water partition coefficient (Wildman–Crippen LogP) is -1.59. The normalized spacial score (nSPS) is 30.2. The third kappa shape index (κ3) is 1.79. The summed E-state index contributed by atoms with van der Waals surface area (Å²) in [7, 11) is 0. The van der Waals surface area contributed by atoms with Gasteiger partial charge in [0.2, 0.25) is 5.95 Å². The van der Waals surface area contributed by atoms with E-state index in [1.54, 1.807) is 0 Å². The standard InChI is InChI=1S/C10H12IN5O4/c11-7-5-8(15-9(12)14-7)16(3-13-5)10(2-17)6(19)4(18)1-20-10/h3-4,6,17-19H,1-2H2,(H2,12,14,15)/t4-,6+,10+/m1/s1. The van der Waals surface area contributed by atoms with Crippen molar-refractivity contribution < 1.29 is 20.1 Å². The third-order valence-electron chi connectivity index (χ3n) is 3.34. The Morgan fingerprint density at radius 3 is 2.85 bits per heavy atom. The summed E-state index contributed by atoms with van der Waals surface area (Å²) in [5.41, 5.74) is 4.88. The lowest BCUT2D eigenvalue weighted by atomic mass is 10.1. The van der Waals surface area contributed by atoms with Crippen molar-refractivity contribution in [1.29, 1.82) is 0 Å². The van der Waals surface area contributed by atoms with Gasteiger partial charge in [-0.1, -0.05) is 0 Å². The molecule has 0 aliphatic carbocycles. The number of aliphatic hydroxyl groups excluding tert-OH is 3. The van der Waals surface area contributed by atoms with E-state index in [0.717, 1.165) is 0 Å². The van der Waals surface area contributed by atoms with E-state index in [-0.39, 0.29) is 12.6 Å². The summed E-state index contributed by atoms with van der Waals surface area (Å²) in [6.07, 6.45) is -1.03. The zero-order valence-electron chi connectivity index (χ0n) is 10.1. The van der Waals surface area contributed by atoms with E-state index in [1.807, 2.05) is 22.6 Å². The number of aromatic nitrogens is 4. The number of rotatable bonds is 2. The molecule has 5 N–H and O–H groups in total. The molecule has 0 spiro atoms. The van der Waals surface area contributed by atoms with Crippen LogP contribution in [0.25, 0.3) is 11.2 Å². The molecule has 0 aromatic carbocycles. The van der Waals surface area contributed by atoms with Crippen molar-refractivity contribution >= 4 is 39.7 Å². The fourth-order valence-electron chi connectivity index (χ4n) is 2.29. The van der Waals surface area contributed by atoms with Gasteiger partial charge in [0.05, 0.1) is 19.5 Å². The summed E-state index contributed by atoms with van der Waals surface area (Å²) < 4.78 is 7.34. The smallest absolute Gasteiger partial charge is 0.223 e. The molecule has 0 unspecified atom stereocenters. The van der Waals surface area contributed by atoms with Crippen molar-refractivity contribution in [3.8, 4) is 0 Å². The second kappa shape index (κ2) is 4.73. The number of ether oxygens (including phenoxy) is 1. The molecule has 10 heteroatoms. The Balaban J connectivity index is 2.23. The SMILES string of the molecule is Nc1nc(I)c2ncn([C@@]3(CO)OC[C@@H](O)[C@@H]3O)c2n1. The molecule has 1 aliphatic rings. The predicted molar refractivity (Wildman–Crippen MR) is 75.5 cm³/mol. The topological polar surface area (TPSA) is 140 Å². The minimum atomic E-state index is -1.53. The maximum atomic E-state index is 10.1. The zero-order chi connectivity index (χ0) is 14.5. The van der Waals surface area contributed by atoms with E-state index in [1.165, 1.54) is 10.9 Å². The molecule has 1 saturated heterocycles. The Morgan fingerprint density at radius 1 is 1.50 bits per heavy atom. The first-order valence-corrected chi connectivity index (χ1v) is 6.85. The summed E-state index contributed by atoms with van der Waals surface area (Å²) in [5.74, 6) is 0.0461. The quantitative estimate of drug-likeness (QED) is 0.354. The maximum Gasteiger partial charge on any atom is 0.223 e. The van der Waals surface area contributed by atoms with Crippen LogP contribution in [0.15, 0.2) is 6.33 Å². The van der Waals surface area contributed by atoms with E-state index in [4.69, 9.17) is 10.5 Å². The molecule has 108 valence electrons. The molecule has 3 rings (SSSR count). The van der Waals surface area contributed by atoms with Gasteiger partial charge in [0.25, 0.3) is 0 Å². The number of nitrogens with two attached hydrogens (primary N) is 1. The number of hydrogen-bond acceptors (Lipinski definition) is 8. The van der Waals surface area contributed by atoms with Gasteiger partial charge in [-0.15, -0.1) is 0 Å². The lowest BCUT2D eigenvalue weighted by Gasteiger charge is -2.31. The van der Waals surface area contributed by atoms with Crippen molar-refractivity contribution in [2.75, 3.05) is 18.9 Å². The van der Waals surface area contributed by atoms with Crippen LogP contribution in [0.4, 0.5) is 5.95 Å². The van der Waals surface area contributed by atoms with Crippen molar-refractivity contribution in [3.63, 3.8) is 0 Å². The zero-order valence-corrected chi connectivity index (χ0v) is 12.3. The Hall–Kier alpha value is -1.08. The fraction of sp³-hybridized carbons (Fsp3) is 0.500. The molecule has 1 aliphatic heterocycles. The molecule has 20 heavy (non-hydrogen) atoms. The monoisotopic (exact) mass is 393 g/mol. The minimum Gasteiger partial charge on any atom is -0.391 e. The summed E-state index contributed by atoms with van der Waals surface area (Å²) in [6.45, 7) is -0.643. The van der Waals surface area contributed by atoms with Gasteiger partial charge >= 0.3 is 0 Å². The fourth-order valence-corrected chi connectivity index (χ4v) is 2.92. The Labute approximate surface area is 126 Å². The van der Waals surface area contributed by atoms with Gasteiger partial charge in [-0.25, -0.2) is 9.97 Å². The Morgan fingerprint density at radius 2 is 2.25 bits per heavy atom. The van der Waals surface area contributed by atoms with E-state index in [0.29, 0.717) is 14.9 Å². The molecule has 2 aromatic heterocycles. The van der Waals surface area contributed by atoms with E-state index in [9.17, 15) is 15.3 Å². The van der Waals surface area contributed by atoms with Gasteiger partial charge in [0.15, 0.2) is 11.4 Å². The first-order chi connectivity index (χ1) is 9.49. The molecule has 3 heterocycles. The van der Waals surface area contributed by atoms with E-state index >= 15 is 0 Å². The Bertz CT molecular complexity index is 664. The van der Waals surface area contributed by atoms with Crippen LogP contribution in [-0.2, 0) is 10.5 Å². The van der Waals surface area contributed by atoms with Crippen molar-refractivity contribution in [2.24, 2.45) is 0 Å². The van der Waals surface area contributed by atoms with Gasteiger partial charge in [0, 0.05) is 0 Å². The number of anilines is 1. The highest BCUT2D eigenvalue weighted by atomic mass is 127. The van der Waals surface area contributed by atoms with Gasteiger partial charge < -0.3 is 25.8 Å². The van der Waals surface area contributed by atoms with E-state index < -0.39 is 24.5 Å². The maximum absolute atomic E-state index is 10.1. The van der Waals surface area contributed by atoms with Crippen LogP contribution in [0.2, 0.25) is 0 Å². The molecular weight excluding hydrogens is 381 g/mol. The number of hydrogen-bond donors (Lipinski definition) is 4. The van der Waals surface area contributed by atoms with Crippen LogP contribution < -0.4 is 5.73 Å². The average molecular weight is 393 g/mol. The number of nitrogen functional groups attached to an aromatic ring is 1. The molecule has 2 aromatic rings. The van der Waals surface area contributed by atoms with Crippen molar-refractivity contribution in [2.45, 2.75) is 17.9 Å². The molecule has 1 fully saturated rings. The lowest BCUT2D eigenvalue weighted by molar-refractivity contribution is -0.149. The van der Waals surface area contributed by atoms with Gasteiger partial charge in [-0.05, 0) is 22.6 Å². The van der Waals surface area contributed by atoms with Crippen LogP contribution in [0.1, 0.15) is 0 Å². The van der Waals surface area contributed by atoms with Crippen molar-refractivity contribution in [1.82, 2.24) is 19.5 Å². The number of imidazole rings is 1. The third-order valence-corrected chi connectivity index (χ3v) is 4.09. The summed E-state index contributed by atoms with van der Waals surface area (Å²) in [4.78, 5) is 12.2. The molecule has 0 radical (unpaired) electrons. The van der Waals surface area contributed by atoms with Crippen LogP contribution in [0.3, 0.4) is 0 Å². The van der Waals surface area contributed by atoms with Crippen molar-refractivity contribution in [3.05, 3.63) is 10.0 Å². The van der Waals surface area contributed by atoms with Crippen LogP contribution in [-0.4, -0.2) is 60.3 Å². The number of aliphatic hydroxyl groups is 3. The highest BCUT2D eigenvalue weighted by molar-refractivity contribution is 14.1. The molecular formula is C10H12IN5O4. The minimum absolute atomic E-state index is 0.0461. The van der Waals surface area contributed by atoms with Crippen LogP contribution in [0.5, 0.6) is 0 Å². The number of fused-ring (bicyclic) bond motifs is 1. The molecule has 3 atom stereocenters. The number of halogens is 1. The van der Waals surface area contributed by atoms with Gasteiger partial charge in [0.1, 0.15) is 21.4 Å². The first kappa shape index (κ1) is 13.9. The summed E-state index contributed by atoms with van der Waals surface area (Å²) in [5, 5.41) is 29.4. The molecule has 9 nitrogen and oxygen atoms in total. The van der Waals surface area contributed by atoms with Crippen LogP contribution >= 0.6 is 22.6 Å². The average Bonchev–Trinajstić information content (AvgIpc) is 2.94. The molecule has 0 bridgehead atoms. The molecule has 0 amide bonds. The highest BCUT2D eigenvalue weighted by Crippen LogP contribution is 2.34. The van der Waals surface area contributed by atoms with Gasteiger partial charge in [-0.3, -0.25) is 4.57 Å². The summed E-state index contributed by atoms with van der Waals surface area (Å²) >= 11 is 1.96. The Kier molecular flexibility index (Phi) is 3.29. The second-order valence-electron chi connectivity index (χ2n) is 4.49. The van der Waals surface area contributed by atoms with Crippen LogP contribution in [0, 0.1) is 3.70 Å². The number of nitrogens with zero attached hydrogens (tertiary/aromatic N) is 4. The highest BCUT2D eigenvalue weighted by Gasteiger charge is 2.51.